The van der Waals surface area contributed by atoms with Gasteiger partial charge in [-0.1, -0.05) is 30.3 Å². The number of nitrogens with one attached hydrogen (secondary N) is 1. The van der Waals surface area contributed by atoms with Crippen molar-refractivity contribution >= 4 is 17.8 Å². The normalized spacial score (nSPS) is 14.5. The van der Waals surface area contributed by atoms with Gasteiger partial charge in [0.1, 0.15) is 5.69 Å². The number of carboxylic acid groups (broad SMARTS) is 1. The van der Waals surface area contributed by atoms with E-state index in [1.807, 2.05) is 18.2 Å². The highest BCUT2D eigenvalue weighted by Crippen LogP contribution is 2.21. The van der Waals surface area contributed by atoms with Gasteiger partial charge in [-0.25, -0.2) is 4.79 Å². The molecule has 1 aliphatic rings. The molecule has 0 unspecified atom stereocenters. The minimum Gasteiger partial charge on any atom is -0.478 e. The quantitative estimate of drug-likeness (QED) is 0.797. The van der Waals surface area contributed by atoms with Crippen molar-refractivity contribution in [2.75, 3.05) is 19.6 Å². The van der Waals surface area contributed by atoms with Crippen LogP contribution in [-0.4, -0.2) is 52.4 Å². The Kier molecular flexibility index (Phi) is 6.37. The number of hydrogen-bond acceptors (Lipinski definition) is 4. The van der Waals surface area contributed by atoms with Gasteiger partial charge in [-0.05, 0) is 42.9 Å². The van der Waals surface area contributed by atoms with Gasteiger partial charge in [0, 0.05) is 19.3 Å². The van der Waals surface area contributed by atoms with E-state index < -0.39 is 11.9 Å². The lowest BCUT2D eigenvalue weighted by Gasteiger charge is -2.32. The Balaban J connectivity index is 1.45. The molecular weight excluding hydrogens is 358 g/mol. The fourth-order valence-corrected chi connectivity index (χ4v) is 3.38. The summed E-state index contributed by atoms with van der Waals surface area (Å²) < 4.78 is 0. The number of aromatic carboxylic acids is 1. The number of amides is 2. The number of nitrogens with zero attached hydrogens (tertiary/aromatic N) is 2. The molecule has 0 bridgehead atoms. The zero-order valence-corrected chi connectivity index (χ0v) is 15.5. The molecule has 3 rings (SSSR count). The molecule has 146 valence electrons. The molecule has 1 aromatic heterocycles. The molecule has 1 fully saturated rings. The van der Waals surface area contributed by atoms with Crippen molar-refractivity contribution in [2.45, 2.75) is 19.3 Å². The van der Waals surface area contributed by atoms with Crippen molar-refractivity contribution in [3.63, 3.8) is 0 Å². The van der Waals surface area contributed by atoms with Crippen LogP contribution in [0.25, 0.3) is 0 Å². The third kappa shape index (κ3) is 5.16. The monoisotopic (exact) mass is 381 g/mol. The zero-order valence-electron chi connectivity index (χ0n) is 15.5. The van der Waals surface area contributed by atoms with E-state index >= 15 is 0 Å². The molecule has 0 spiro atoms. The highest BCUT2D eigenvalue weighted by molar-refractivity contribution is 5.97. The summed E-state index contributed by atoms with van der Waals surface area (Å²) in [5.74, 6) is -1.27. The van der Waals surface area contributed by atoms with Crippen LogP contribution in [0.4, 0.5) is 0 Å². The number of aromatic nitrogens is 1. The van der Waals surface area contributed by atoms with Crippen LogP contribution in [0, 0.1) is 5.92 Å². The second-order valence-electron chi connectivity index (χ2n) is 6.93. The molecule has 1 saturated heterocycles. The summed E-state index contributed by atoms with van der Waals surface area (Å²) in [5, 5.41) is 11.5. The Hall–Kier alpha value is -3.22. The molecule has 2 amide bonds. The van der Waals surface area contributed by atoms with Crippen molar-refractivity contribution in [2.24, 2.45) is 5.92 Å². The van der Waals surface area contributed by atoms with Gasteiger partial charge >= 0.3 is 5.97 Å². The van der Waals surface area contributed by atoms with Crippen LogP contribution in [0.2, 0.25) is 0 Å². The summed E-state index contributed by atoms with van der Waals surface area (Å²) in [5.41, 5.74) is 1.27. The number of hydrogen-bond donors (Lipinski definition) is 2. The molecule has 1 aromatic carbocycles. The molecule has 2 aromatic rings. The molecule has 0 radical (unpaired) electrons. The summed E-state index contributed by atoms with van der Waals surface area (Å²) in [6, 6.07) is 12.8. The molecule has 0 aliphatic carbocycles. The second kappa shape index (κ2) is 9.12. The molecule has 2 N–H and O–H groups in total. The largest absolute Gasteiger partial charge is 0.478 e. The number of likely N-dealkylation sites (tertiary alicyclic amines) is 1. The standard InChI is InChI=1S/C21H23N3O4/c25-19(14-23-20(26)18-13-17(21(27)28)6-9-22-18)24-10-7-16(8-11-24)12-15-4-2-1-3-5-15/h1-6,9,13,16H,7-8,10-12,14H2,(H,23,26)(H,27,28). The third-order valence-electron chi connectivity index (χ3n) is 4.97. The lowest BCUT2D eigenvalue weighted by Crippen LogP contribution is -2.44. The third-order valence-corrected chi connectivity index (χ3v) is 4.97. The number of piperidine rings is 1. The van der Waals surface area contributed by atoms with Crippen LogP contribution >= 0.6 is 0 Å². The number of carboxylic acids is 1. The Bertz CT molecular complexity index is 846. The average Bonchev–Trinajstić information content (AvgIpc) is 2.73. The first-order valence-electron chi connectivity index (χ1n) is 9.32. The molecule has 2 heterocycles. The maximum absolute atomic E-state index is 12.4. The molecule has 7 nitrogen and oxygen atoms in total. The van der Waals surface area contributed by atoms with Crippen molar-refractivity contribution in [3.8, 4) is 0 Å². The topological polar surface area (TPSA) is 99.6 Å². The molecule has 0 saturated carbocycles. The van der Waals surface area contributed by atoms with Gasteiger partial charge in [0.2, 0.25) is 5.91 Å². The van der Waals surface area contributed by atoms with Gasteiger partial charge in [0.05, 0.1) is 12.1 Å². The van der Waals surface area contributed by atoms with Crippen molar-refractivity contribution in [1.82, 2.24) is 15.2 Å². The first kappa shape index (κ1) is 19.5. The first-order valence-corrected chi connectivity index (χ1v) is 9.32. The molecule has 7 heteroatoms. The van der Waals surface area contributed by atoms with Crippen molar-refractivity contribution in [1.29, 1.82) is 0 Å². The van der Waals surface area contributed by atoms with Gasteiger partial charge in [-0.15, -0.1) is 0 Å². The summed E-state index contributed by atoms with van der Waals surface area (Å²) in [4.78, 5) is 41.1. The second-order valence-corrected chi connectivity index (χ2v) is 6.93. The Morgan fingerprint density at radius 2 is 1.82 bits per heavy atom. The van der Waals surface area contributed by atoms with Crippen LogP contribution in [0.3, 0.4) is 0 Å². The lowest BCUT2D eigenvalue weighted by atomic mass is 9.90. The van der Waals surface area contributed by atoms with Gasteiger partial charge in [-0.2, -0.15) is 0 Å². The van der Waals surface area contributed by atoms with Crippen LogP contribution in [0.15, 0.2) is 48.7 Å². The summed E-state index contributed by atoms with van der Waals surface area (Å²) >= 11 is 0. The van der Waals surface area contributed by atoms with Crippen LogP contribution in [-0.2, 0) is 11.2 Å². The Labute approximate surface area is 163 Å². The van der Waals surface area contributed by atoms with E-state index in [1.165, 1.54) is 23.9 Å². The van der Waals surface area contributed by atoms with Gasteiger partial charge < -0.3 is 15.3 Å². The predicted octanol–water partition coefficient (Wildman–Crippen LogP) is 1.99. The van der Waals surface area contributed by atoms with E-state index in [9.17, 15) is 14.4 Å². The summed E-state index contributed by atoms with van der Waals surface area (Å²) in [7, 11) is 0. The highest BCUT2D eigenvalue weighted by Gasteiger charge is 2.23. The zero-order chi connectivity index (χ0) is 19.9. The summed E-state index contributed by atoms with van der Waals surface area (Å²) in [6.45, 7) is 1.24. The lowest BCUT2D eigenvalue weighted by molar-refractivity contribution is -0.131. The molecule has 28 heavy (non-hydrogen) atoms. The highest BCUT2D eigenvalue weighted by atomic mass is 16.4. The smallest absolute Gasteiger partial charge is 0.335 e. The van der Waals surface area contributed by atoms with Crippen molar-refractivity contribution < 1.29 is 19.5 Å². The molecular formula is C21H23N3O4. The van der Waals surface area contributed by atoms with Gasteiger partial charge in [-0.3, -0.25) is 14.6 Å². The van der Waals surface area contributed by atoms with Crippen LogP contribution in [0.1, 0.15) is 39.3 Å². The van der Waals surface area contributed by atoms with E-state index in [-0.39, 0.29) is 23.7 Å². The number of rotatable bonds is 6. The van der Waals surface area contributed by atoms with E-state index in [1.54, 1.807) is 4.90 Å². The fourth-order valence-electron chi connectivity index (χ4n) is 3.38. The SMILES string of the molecule is O=C(O)c1ccnc(C(=O)NCC(=O)N2CCC(Cc3ccccc3)CC2)c1. The maximum Gasteiger partial charge on any atom is 0.335 e. The molecule has 0 atom stereocenters. The van der Waals surface area contributed by atoms with Gasteiger partial charge in [0.15, 0.2) is 0 Å². The van der Waals surface area contributed by atoms with E-state index in [2.05, 4.69) is 22.4 Å². The average molecular weight is 381 g/mol. The number of benzene rings is 1. The number of pyridine rings is 1. The van der Waals surface area contributed by atoms with Crippen LogP contribution in [0.5, 0.6) is 0 Å². The predicted molar refractivity (Wildman–Crippen MR) is 103 cm³/mol. The number of carbonyl (C=O) groups is 3. The van der Waals surface area contributed by atoms with Crippen LogP contribution < -0.4 is 5.32 Å². The first-order chi connectivity index (χ1) is 13.5. The van der Waals surface area contributed by atoms with Crippen molar-refractivity contribution in [3.05, 3.63) is 65.5 Å². The number of carbonyl (C=O) groups excluding carboxylic acids is 2. The maximum atomic E-state index is 12.4. The fraction of sp³-hybridized carbons (Fsp3) is 0.333. The van der Waals surface area contributed by atoms with E-state index in [0.717, 1.165) is 19.3 Å². The summed E-state index contributed by atoms with van der Waals surface area (Å²) in [6.07, 6.45) is 4.16. The minimum atomic E-state index is -1.13. The Morgan fingerprint density at radius 1 is 1.11 bits per heavy atom. The van der Waals surface area contributed by atoms with E-state index in [4.69, 9.17) is 5.11 Å². The Morgan fingerprint density at radius 3 is 2.50 bits per heavy atom. The minimum absolute atomic E-state index is 0.0192. The molecule has 1 aliphatic heterocycles. The van der Waals surface area contributed by atoms with E-state index in [0.29, 0.717) is 19.0 Å². The van der Waals surface area contributed by atoms with Gasteiger partial charge in [0.25, 0.3) is 5.91 Å².